The molecule has 0 unspecified atom stereocenters. The molecule has 0 aliphatic carbocycles. The number of amides is 1. The molecule has 3 nitrogen and oxygen atoms in total. The van der Waals surface area contributed by atoms with Crippen molar-refractivity contribution in [1.29, 1.82) is 0 Å². The van der Waals surface area contributed by atoms with Gasteiger partial charge in [-0.3, -0.25) is 4.79 Å². The first-order valence-corrected chi connectivity index (χ1v) is 7.17. The van der Waals surface area contributed by atoms with Gasteiger partial charge in [0.2, 0.25) is 0 Å². The molecular weight excluding hydrogens is 248 g/mol. The monoisotopic (exact) mass is 270 g/mol. The van der Waals surface area contributed by atoms with Crippen molar-refractivity contribution in [2.24, 2.45) is 7.05 Å². The summed E-state index contributed by atoms with van der Waals surface area (Å²) in [4.78, 5) is 14.5. The number of aromatic nitrogens is 1. The van der Waals surface area contributed by atoms with Crippen LogP contribution in [0.1, 0.15) is 35.8 Å². The Morgan fingerprint density at radius 1 is 1.15 bits per heavy atom. The number of nitrogens with zero attached hydrogens (tertiary/aromatic N) is 2. The lowest BCUT2D eigenvalue weighted by Crippen LogP contribution is -2.32. The molecule has 0 aliphatic rings. The number of carbonyl (C=O) groups excluding carboxylic acids is 1. The smallest absolute Gasteiger partial charge is 0.254 e. The molecule has 1 heterocycles. The maximum Gasteiger partial charge on any atom is 0.254 e. The molecule has 3 heteroatoms. The van der Waals surface area contributed by atoms with E-state index in [9.17, 15) is 4.79 Å². The Hall–Kier alpha value is -2.03. The third-order valence-corrected chi connectivity index (χ3v) is 3.49. The summed E-state index contributed by atoms with van der Waals surface area (Å²) in [5.41, 5.74) is 1.92. The predicted molar refractivity (Wildman–Crippen MR) is 81.5 cm³/mol. The molecular formula is C17H22N2O. The Labute approximate surface area is 120 Å². The molecule has 1 aromatic carbocycles. The average Bonchev–Trinajstić information content (AvgIpc) is 2.89. The van der Waals surface area contributed by atoms with Crippen molar-refractivity contribution in [3.8, 4) is 0 Å². The summed E-state index contributed by atoms with van der Waals surface area (Å²) in [7, 11) is 2.01. The maximum atomic E-state index is 12.6. The van der Waals surface area contributed by atoms with Crippen LogP contribution < -0.4 is 0 Å². The van der Waals surface area contributed by atoms with E-state index in [0.29, 0.717) is 6.54 Å². The van der Waals surface area contributed by atoms with E-state index in [1.54, 1.807) is 0 Å². The van der Waals surface area contributed by atoms with Crippen LogP contribution in [0.2, 0.25) is 0 Å². The van der Waals surface area contributed by atoms with Crippen molar-refractivity contribution in [2.75, 3.05) is 6.54 Å². The van der Waals surface area contributed by atoms with Crippen molar-refractivity contribution >= 4 is 5.91 Å². The van der Waals surface area contributed by atoms with Gasteiger partial charge in [0, 0.05) is 31.0 Å². The highest BCUT2D eigenvalue weighted by molar-refractivity contribution is 5.94. The lowest BCUT2D eigenvalue weighted by atomic mass is 10.2. The predicted octanol–water partition coefficient (Wildman–Crippen LogP) is 3.47. The molecule has 1 aromatic heterocycles. The number of hydrogen-bond donors (Lipinski definition) is 0. The van der Waals surface area contributed by atoms with E-state index in [0.717, 1.165) is 30.6 Å². The highest BCUT2D eigenvalue weighted by Gasteiger charge is 2.16. The first-order chi connectivity index (χ1) is 9.72. The van der Waals surface area contributed by atoms with Gasteiger partial charge < -0.3 is 9.47 Å². The molecule has 0 saturated heterocycles. The second kappa shape index (κ2) is 6.94. The standard InChI is InChI=1S/C17H22N2O/c1-3-4-13-19(14-16-11-8-12-18(16)2)17(20)15-9-6-5-7-10-15/h5-12H,3-4,13-14H2,1-2H3. The Balaban J connectivity index is 2.15. The molecule has 0 fully saturated rings. The van der Waals surface area contributed by atoms with Gasteiger partial charge in [-0.05, 0) is 30.7 Å². The van der Waals surface area contributed by atoms with Crippen LogP contribution in [-0.4, -0.2) is 21.9 Å². The van der Waals surface area contributed by atoms with E-state index in [4.69, 9.17) is 0 Å². The van der Waals surface area contributed by atoms with Gasteiger partial charge >= 0.3 is 0 Å². The molecule has 0 saturated carbocycles. The van der Waals surface area contributed by atoms with Gasteiger partial charge in [-0.2, -0.15) is 0 Å². The summed E-state index contributed by atoms with van der Waals surface area (Å²) in [6, 6.07) is 13.6. The van der Waals surface area contributed by atoms with Crippen LogP contribution in [0.5, 0.6) is 0 Å². The second-order valence-electron chi connectivity index (χ2n) is 5.06. The lowest BCUT2D eigenvalue weighted by Gasteiger charge is -2.23. The van der Waals surface area contributed by atoms with Crippen molar-refractivity contribution < 1.29 is 4.79 Å². The molecule has 0 aliphatic heterocycles. The van der Waals surface area contributed by atoms with Crippen LogP contribution in [-0.2, 0) is 13.6 Å². The topological polar surface area (TPSA) is 25.2 Å². The quantitative estimate of drug-likeness (QED) is 0.789. The van der Waals surface area contributed by atoms with E-state index in [1.807, 2.05) is 54.5 Å². The molecule has 0 bridgehead atoms. The lowest BCUT2D eigenvalue weighted by molar-refractivity contribution is 0.0737. The number of rotatable bonds is 6. The Bertz CT molecular complexity index is 545. The summed E-state index contributed by atoms with van der Waals surface area (Å²) >= 11 is 0. The summed E-state index contributed by atoms with van der Waals surface area (Å²) in [5.74, 6) is 0.111. The fourth-order valence-corrected chi connectivity index (χ4v) is 2.22. The molecule has 0 atom stereocenters. The van der Waals surface area contributed by atoms with Gasteiger partial charge in [0.1, 0.15) is 0 Å². The van der Waals surface area contributed by atoms with Gasteiger partial charge in [-0.15, -0.1) is 0 Å². The van der Waals surface area contributed by atoms with Gasteiger partial charge in [0.25, 0.3) is 5.91 Å². The zero-order valence-corrected chi connectivity index (χ0v) is 12.2. The SMILES string of the molecule is CCCCN(Cc1cccn1C)C(=O)c1ccccc1. The summed E-state index contributed by atoms with van der Waals surface area (Å²) in [6.07, 6.45) is 4.13. The van der Waals surface area contributed by atoms with Gasteiger partial charge in [0.05, 0.1) is 6.54 Å². The Kier molecular flexibility index (Phi) is 4.99. The summed E-state index contributed by atoms with van der Waals surface area (Å²) < 4.78 is 2.07. The third kappa shape index (κ3) is 3.50. The molecule has 20 heavy (non-hydrogen) atoms. The summed E-state index contributed by atoms with van der Waals surface area (Å²) in [5, 5.41) is 0. The third-order valence-electron chi connectivity index (χ3n) is 3.49. The van der Waals surface area contributed by atoms with Crippen molar-refractivity contribution in [1.82, 2.24) is 9.47 Å². The number of carbonyl (C=O) groups is 1. The van der Waals surface area contributed by atoms with Gasteiger partial charge in [0.15, 0.2) is 0 Å². The van der Waals surface area contributed by atoms with E-state index >= 15 is 0 Å². The molecule has 2 rings (SSSR count). The highest BCUT2D eigenvalue weighted by atomic mass is 16.2. The summed E-state index contributed by atoms with van der Waals surface area (Å²) in [6.45, 7) is 3.61. The normalized spacial score (nSPS) is 10.5. The molecule has 2 aromatic rings. The number of unbranched alkanes of at least 4 members (excludes halogenated alkanes) is 1. The minimum Gasteiger partial charge on any atom is -0.353 e. The van der Waals surface area contributed by atoms with Crippen LogP contribution in [0.4, 0.5) is 0 Å². The first kappa shape index (κ1) is 14.4. The zero-order valence-electron chi connectivity index (χ0n) is 12.2. The minimum atomic E-state index is 0.111. The van der Waals surface area contributed by atoms with Gasteiger partial charge in [-0.1, -0.05) is 31.5 Å². The molecule has 0 spiro atoms. The van der Waals surface area contributed by atoms with E-state index < -0.39 is 0 Å². The Morgan fingerprint density at radius 3 is 2.50 bits per heavy atom. The van der Waals surface area contributed by atoms with Gasteiger partial charge in [-0.25, -0.2) is 0 Å². The molecule has 106 valence electrons. The van der Waals surface area contributed by atoms with E-state index in [-0.39, 0.29) is 5.91 Å². The molecule has 0 radical (unpaired) electrons. The van der Waals surface area contributed by atoms with E-state index in [1.165, 1.54) is 0 Å². The fourth-order valence-electron chi connectivity index (χ4n) is 2.22. The first-order valence-electron chi connectivity index (χ1n) is 7.17. The van der Waals surface area contributed by atoms with Crippen molar-refractivity contribution in [3.05, 3.63) is 59.9 Å². The fraction of sp³-hybridized carbons (Fsp3) is 0.353. The van der Waals surface area contributed by atoms with Crippen molar-refractivity contribution in [3.63, 3.8) is 0 Å². The highest BCUT2D eigenvalue weighted by Crippen LogP contribution is 2.11. The second-order valence-corrected chi connectivity index (χ2v) is 5.06. The van der Waals surface area contributed by atoms with Crippen LogP contribution in [0, 0.1) is 0 Å². The minimum absolute atomic E-state index is 0.111. The molecule has 1 amide bonds. The molecule has 0 N–H and O–H groups in total. The zero-order chi connectivity index (χ0) is 14.4. The van der Waals surface area contributed by atoms with Crippen LogP contribution in [0.15, 0.2) is 48.7 Å². The maximum absolute atomic E-state index is 12.6. The number of hydrogen-bond acceptors (Lipinski definition) is 1. The van der Waals surface area contributed by atoms with Crippen LogP contribution in [0.3, 0.4) is 0 Å². The van der Waals surface area contributed by atoms with Crippen molar-refractivity contribution in [2.45, 2.75) is 26.3 Å². The largest absolute Gasteiger partial charge is 0.353 e. The van der Waals surface area contributed by atoms with Crippen LogP contribution in [0.25, 0.3) is 0 Å². The van der Waals surface area contributed by atoms with E-state index in [2.05, 4.69) is 17.6 Å². The van der Waals surface area contributed by atoms with Crippen LogP contribution >= 0.6 is 0 Å². The Morgan fingerprint density at radius 2 is 1.90 bits per heavy atom. The number of aryl methyl sites for hydroxylation is 1. The average molecular weight is 270 g/mol. The number of benzene rings is 1.